The smallest absolute Gasteiger partial charge is 0.306 e. The number of rotatable bonds is 2. The van der Waals surface area contributed by atoms with Crippen LogP contribution in [0.1, 0.15) is 23.7 Å². The molecule has 1 aromatic carbocycles. The lowest BCUT2D eigenvalue weighted by Gasteiger charge is -2.14. The summed E-state index contributed by atoms with van der Waals surface area (Å²) in [6.45, 7) is 2.66. The average molecular weight is 234 g/mol. The maximum atomic E-state index is 11.7. The average Bonchev–Trinajstić information content (AvgIpc) is 2.82. The van der Waals surface area contributed by atoms with Gasteiger partial charge in [0.1, 0.15) is 0 Å². The summed E-state index contributed by atoms with van der Waals surface area (Å²) in [5.41, 5.74) is 1.17. The van der Waals surface area contributed by atoms with Crippen LogP contribution in [0, 0.1) is 0 Å². The second-order valence-electron chi connectivity index (χ2n) is 3.86. The molecule has 0 aromatic heterocycles. The normalized spacial score (nSPS) is 14.8. The van der Waals surface area contributed by atoms with E-state index in [1.54, 1.807) is 24.3 Å². The lowest BCUT2D eigenvalue weighted by molar-refractivity contribution is -0.0614. The fraction of sp³-hybridized carbons (Fsp3) is 0.333. The van der Waals surface area contributed by atoms with Crippen molar-refractivity contribution in [1.82, 2.24) is 5.06 Å². The summed E-state index contributed by atoms with van der Waals surface area (Å²) in [5.74, 6) is -0.0291. The Morgan fingerprint density at radius 1 is 1.41 bits per heavy atom. The Labute approximate surface area is 99.3 Å². The summed E-state index contributed by atoms with van der Waals surface area (Å²) in [7, 11) is 0. The molecule has 2 rings (SSSR count). The van der Waals surface area contributed by atoms with Gasteiger partial charge in [0.2, 0.25) is 0 Å². The molecule has 1 aliphatic heterocycles. The van der Waals surface area contributed by atoms with Gasteiger partial charge in [-0.25, -0.2) is 9.86 Å². The minimum atomic E-state index is -0.303. The van der Waals surface area contributed by atoms with Crippen LogP contribution >= 0.6 is 0 Å². The molecule has 0 aliphatic carbocycles. The molecular weight excluding hydrogens is 220 g/mol. The Morgan fingerprint density at radius 3 is 2.88 bits per heavy atom. The van der Waals surface area contributed by atoms with Gasteiger partial charge in [-0.3, -0.25) is 9.63 Å². The van der Waals surface area contributed by atoms with Crippen molar-refractivity contribution in [2.45, 2.75) is 13.3 Å². The molecule has 1 fully saturated rings. The molecular formula is C12H14N2O3. The van der Waals surface area contributed by atoms with Crippen LogP contribution in [-0.4, -0.2) is 30.0 Å². The molecule has 1 saturated heterocycles. The third kappa shape index (κ3) is 2.82. The summed E-state index contributed by atoms with van der Waals surface area (Å²) in [5, 5.41) is 3.98. The zero-order chi connectivity index (χ0) is 12.3. The van der Waals surface area contributed by atoms with Crippen molar-refractivity contribution in [2.24, 2.45) is 0 Å². The first-order chi connectivity index (χ1) is 8.16. The van der Waals surface area contributed by atoms with Gasteiger partial charge in [-0.15, -0.1) is 0 Å². The van der Waals surface area contributed by atoms with Crippen LogP contribution in [0.3, 0.4) is 0 Å². The number of anilines is 1. The fourth-order valence-corrected chi connectivity index (χ4v) is 1.61. The van der Waals surface area contributed by atoms with Gasteiger partial charge in [-0.2, -0.15) is 0 Å². The van der Waals surface area contributed by atoms with E-state index in [9.17, 15) is 9.59 Å². The predicted molar refractivity (Wildman–Crippen MR) is 62.7 cm³/mol. The summed E-state index contributed by atoms with van der Waals surface area (Å²) in [6, 6.07) is 6.53. The van der Waals surface area contributed by atoms with E-state index in [2.05, 4.69) is 5.32 Å². The number of benzene rings is 1. The number of nitrogens with zero attached hydrogens (tertiary/aromatic N) is 1. The largest absolute Gasteiger partial charge is 0.345 e. The number of hydrogen-bond acceptors (Lipinski definition) is 3. The molecule has 2 amide bonds. The van der Waals surface area contributed by atoms with Crippen LogP contribution in [0.4, 0.5) is 10.5 Å². The molecule has 0 saturated carbocycles. The van der Waals surface area contributed by atoms with Gasteiger partial charge < -0.3 is 5.32 Å². The number of carbonyl (C=O) groups excluding carboxylic acids is 2. The van der Waals surface area contributed by atoms with Crippen molar-refractivity contribution >= 4 is 17.5 Å². The highest BCUT2D eigenvalue weighted by molar-refractivity contribution is 5.96. The molecule has 0 unspecified atom stereocenters. The van der Waals surface area contributed by atoms with E-state index in [-0.39, 0.29) is 11.8 Å². The summed E-state index contributed by atoms with van der Waals surface area (Å²) >= 11 is 0. The van der Waals surface area contributed by atoms with Crippen LogP contribution in [-0.2, 0) is 4.84 Å². The molecule has 1 heterocycles. The maximum Gasteiger partial charge on any atom is 0.345 e. The molecule has 5 heteroatoms. The summed E-state index contributed by atoms with van der Waals surface area (Å²) in [4.78, 5) is 28.0. The van der Waals surface area contributed by atoms with E-state index in [1.807, 2.05) is 0 Å². The number of hydroxylamine groups is 2. The minimum Gasteiger partial charge on any atom is -0.306 e. The van der Waals surface area contributed by atoms with Crippen molar-refractivity contribution in [3.63, 3.8) is 0 Å². The second kappa shape index (κ2) is 4.97. The van der Waals surface area contributed by atoms with Gasteiger partial charge in [-0.1, -0.05) is 12.1 Å². The van der Waals surface area contributed by atoms with E-state index < -0.39 is 0 Å². The summed E-state index contributed by atoms with van der Waals surface area (Å²) < 4.78 is 0. The Kier molecular flexibility index (Phi) is 3.39. The van der Waals surface area contributed by atoms with E-state index >= 15 is 0 Å². The van der Waals surface area contributed by atoms with Crippen LogP contribution in [0.15, 0.2) is 24.3 Å². The van der Waals surface area contributed by atoms with Gasteiger partial charge >= 0.3 is 6.03 Å². The van der Waals surface area contributed by atoms with E-state index in [1.165, 1.54) is 12.0 Å². The van der Waals surface area contributed by atoms with E-state index in [0.29, 0.717) is 24.4 Å². The molecule has 0 atom stereocenters. The molecule has 0 spiro atoms. The predicted octanol–water partition coefficient (Wildman–Crippen LogP) is 2.06. The first kappa shape index (κ1) is 11.6. The quantitative estimate of drug-likeness (QED) is 0.797. The number of nitrogens with one attached hydrogen (secondary N) is 1. The molecule has 1 aromatic rings. The number of Topliss-reactive ketones (excluding diaryl/α,β-unsaturated/α-hetero) is 1. The van der Waals surface area contributed by atoms with Crippen molar-refractivity contribution in [2.75, 3.05) is 18.5 Å². The highest BCUT2D eigenvalue weighted by atomic mass is 16.7. The van der Waals surface area contributed by atoms with Crippen LogP contribution < -0.4 is 5.32 Å². The van der Waals surface area contributed by atoms with Crippen LogP contribution in [0.5, 0.6) is 0 Å². The first-order valence-electron chi connectivity index (χ1n) is 5.49. The third-order valence-corrected chi connectivity index (χ3v) is 2.50. The van der Waals surface area contributed by atoms with Gasteiger partial charge in [0.05, 0.1) is 13.2 Å². The third-order valence-electron chi connectivity index (χ3n) is 2.50. The van der Waals surface area contributed by atoms with Gasteiger partial charge in [0.15, 0.2) is 5.78 Å². The van der Waals surface area contributed by atoms with Gasteiger partial charge in [0.25, 0.3) is 0 Å². The zero-order valence-electron chi connectivity index (χ0n) is 9.60. The number of carbonyl (C=O) groups is 2. The SMILES string of the molecule is CC(=O)c1cccc(NC(=O)N2CCCO2)c1. The molecule has 17 heavy (non-hydrogen) atoms. The Morgan fingerprint density at radius 2 is 2.24 bits per heavy atom. The Balaban J connectivity index is 2.05. The Hall–Kier alpha value is -1.88. The molecule has 1 N–H and O–H groups in total. The molecule has 0 radical (unpaired) electrons. The molecule has 90 valence electrons. The number of urea groups is 1. The highest BCUT2D eigenvalue weighted by Gasteiger charge is 2.19. The fourth-order valence-electron chi connectivity index (χ4n) is 1.61. The molecule has 0 bridgehead atoms. The van der Waals surface area contributed by atoms with Gasteiger partial charge in [-0.05, 0) is 25.5 Å². The van der Waals surface area contributed by atoms with Crippen molar-refractivity contribution in [3.05, 3.63) is 29.8 Å². The molecule has 5 nitrogen and oxygen atoms in total. The minimum absolute atomic E-state index is 0.0291. The lowest BCUT2D eigenvalue weighted by Crippen LogP contribution is -2.31. The van der Waals surface area contributed by atoms with E-state index in [4.69, 9.17) is 4.84 Å². The highest BCUT2D eigenvalue weighted by Crippen LogP contribution is 2.13. The Bertz CT molecular complexity index is 439. The van der Waals surface area contributed by atoms with Crippen molar-refractivity contribution in [1.29, 1.82) is 0 Å². The lowest BCUT2D eigenvalue weighted by atomic mass is 10.1. The van der Waals surface area contributed by atoms with Crippen LogP contribution in [0.2, 0.25) is 0 Å². The van der Waals surface area contributed by atoms with Crippen LogP contribution in [0.25, 0.3) is 0 Å². The number of ketones is 1. The zero-order valence-corrected chi connectivity index (χ0v) is 9.60. The topological polar surface area (TPSA) is 58.6 Å². The number of hydrogen-bond donors (Lipinski definition) is 1. The molecule has 1 aliphatic rings. The number of amides is 2. The monoisotopic (exact) mass is 234 g/mol. The first-order valence-corrected chi connectivity index (χ1v) is 5.49. The standard InChI is InChI=1S/C12H14N2O3/c1-9(15)10-4-2-5-11(8-10)13-12(16)14-6-3-7-17-14/h2,4-5,8H,3,6-7H2,1H3,(H,13,16). The second-order valence-corrected chi connectivity index (χ2v) is 3.86. The van der Waals surface area contributed by atoms with E-state index in [0.717, 1.165) is 6.42 Å². The van der Waals surface area contributed by atoms with Gasteiger partial charge in [0, 0.05) is 11.3 Å². The van der Waals surface area contributed by atoms with Crippen molar-refractivity contribution < 1.29 is 14.4 Å². The van der Waals surface area contributed by atoms with Crippen molar-refractivity contribution in [3.8, 4) is 0 Å². The summed E-state index contributed by atoms with van der Waals surface area (Å²) in [6.07, 6.45) is 0.848. The maximum absolute atomic E-state index is 11.7.